The zero-order valence-corrected chi connectivity index (χ0v) is 28.7. The summed E-state index contributed by atoms with van der Waals surface area (Å²) in [4.78, 5) is 43.8. The molecule has 0 aliphatic carbocycles. The molecule has 1 fully saturated rings. The number of carbonyl (C=O) groups excluding carboxylic acids is 2. The number of fused-ring (bicyclic) bond motifs is 2. The number of aromatic nitrogens is 6. The van der Waals surface area contributed by atoms with Crippen LogP contribution in [0.5, 0.6) is 0 Å². The molecule has 1 atom stereocenters. The lowest BCUT2D eigenvalue weighted by atomic mass is 10.1. The van der Waals surface area contributed by atoms with Crippen LogP contribution < -0.4 is 10.2 Å². The van der Waals surface area contributed by atoms with Crippen LogP contribution in [0.3, 0.4) is 0 Å². The van der Waals surface area contributed by atoms with Crippen molar-refractivity contribution in [2.24, 2.45) is 0 Å². The maximum absolute atomic E-state index is 16.2. The molecule has 49 heavy (non-hydrogen) atoms. The number of carbonyl (C=O) groups is 2. The highest BCUT2D eigenvalue weighted by Crippen LogP contribution is 2.32. The van der Waals surface area contributed by atoms with E-state index in [0.717, 1.165) is 70.0 Å². The molecule has 1 N–H and O–H groups in total. The summed E-state index contributed by atoms with van der Waals surface area (Å²) in [5.74, 6) is -0.126. The molecule has 6 heterocycles. The second-order valence-electron chi connectivity index (χ2n) is 13.5. The van der Waals surface area contributed by atoms with Gasteiger partial charge in [-0.05, 0) is 58.7 Å². The van der Waals surface area contributed by atoms with E-state index in [1.165, 1.54) is 16.0 Å². The molecule has 1 amide bonds. The molecule has 0 radical (unpaired) electrons. The number of imidazole rings is 1. The number of piperazine rings is 1. The number of amides is 1. The van der Waals surface area contributed by atoms with Crippen LogP contribution in [0.4, 0.5) is 15.3 Å². The van der Waals surface area contributed by atoms with Gasteiger partial charge in [-0.1, -0.05) is 12.1 Å². The first kappa shape index (κ1) is 32.8. The van der Waals surface area contributed by atoms with Crippen LogP contribution >= 0.6 is 11.3 Å². The van der Waals surface area contributed by atoms with Gasteiger partial charge in [0.2, 0.25) is 0 Å². The topological polar surface area (TPSA) is 123 Å². The fourth-order valence-electron chi connectivity index (χ4n) is 6.56. The number of pyridine rings is 1. The number of nitrogens with zero attached hydrogens (tertiary/aromatic N) is 8. The second kappa shape index (κ2) is 13.7. The average molecular weight is 686 g/mol. The molecule has 5 aromatic rings. The number of nitrogens with one attached hydrogen (secondary N) is 1. The first-order chi connectivity index (χ1) is 23.6. The monoisotopic (exact) mass is 685 g/mol. The van der Waals surface area contributed by atoms with Gasteiger partial charge in [0.1, 0.15) is 16.9 Å². The lowest BCUT2D eigenvalue weighted by Crippen LogP contribution is -2.47. The fraction of sp³-hybridized carbons (Fsp3) is 0.429. The maximum atomic E-state index is 16.2. The van der Waals surface area contributed by atoms with Crippen LogP contribution in [0.1, 0.15) is 57.5 Å². The molecule has 4 aromatic heterocycles. The van der Waals surface area contributed by atoms with Crippen LogP contribution in [0.25, 0.3) is 22.0 Å². The Morgan fingerprint density at radius 1 is 1.06 bits per heavy atom. The number of ether oxygens (including phenoxy) is 1. The van der Waals surface area contributed by atoms with Crippen LogP contribution in [-0.4, -0.2) is 84.4 Å². The summed E-state index contributed by atoms with van der Waals surface area (Å²) in [6.45, 7) is 10.7. The van der Waals surface area contributed by atoms with Crippen molar-refractivity contribution < 1.29 is 18.7 Å². The van der Waals surface area contributed by atoms with Crippen molar-refractivity contribution in [3.05, 3.63) is 71.8 Å². The summed E-state index contributed by atoms with van der Waals surface area (Å²) in [7, 11) is 0. The van der Waals surface area contributed by atoms with E-state index < -0.39 is 17.5 Å². The molecule has 0 saturated carbocycles. The summed E-state index contributed by atoms with van der Waals surface area (Å²) in [5.41, 5.74) is 2.35. The van der Waals surface area contributed by atoms with Crippen LogP contribution in [-0.2, 0) is 27.3 Å². The molecule has 14 heteroatoms. The summed E-state index contributed by atoms with van der Waals surface area (Å²) >= 11 is 1.32. The smallest absolute Gasteiger partial charge is 0.306 e. The average Bonchev–Trinajstić information content (AvgIpc) is 3.88. The minimum atomic E-state index is -0.889. The SMILES string of the molecule is CC(C)(C)OC(=O)CCCN1CCN(c2ccc(-c3ccc4cn([C@@H](C(=O)Nc5nccs5)c5ncn6c5CCC6)nc4c3F)cn2)CC1. The maximum Gasteiger partial charge on any atom is 0.306 e. The minimum absolute atomic E-state index is 0.157. The van der Waals surface area contributed by atoms with E-state index in [-0.39, 0.29) is 17.4 Å². The highest BCUT2D eigenvalue weighted by atomic mass is 32.1. The van der Waals surface area contributed by atoms with E-state index in [1.807, 2.05) is 39.0 Å². The molecule has 256 valence electrons. The van der Waals surface area contributed by atoms with Crippen molar-refractivity contribution in [2.75, 3.05) is 42.9 Å². The van der Waals surface area contributed by atoms with Crippen molar-refractivity contribution in [3.63, 3.8) is 0 Å². The highest BCUT2D eigenvalue weighted by molar-refractivity contribution is 7.13. The minimum Gasteiger partial charge on any atom is -0.460 e. The fourth-order valence-corrected chi connectivity index (χ4v) is 7.09. The van der Waals surface area contributed by atoms with Crippen LogP contribution in [0.2, 0.25) is 0 Å². The quantitative estimate of drug-likeness (QED) is 0.195. The zero-order chi connectivity index (χ0) is 34.1. The molecule has 2 aliphatic rings. The number of hydrogen-bond acceptors (Lipinski definition) is 10. The van der Waals surface area contributed by atoms with Gasteiger partial charge in [-0.2, -0.15) is 5.10 Å². The van der Waals surface area contributed by atoms with E-state index in [2.05, 4.69) is 39.7 Å². The highest BCUT2D eigenvalue weighted by Gasteiger charge is 2.32. The van der Waals surface area contributed by atoms with E-state index >= 15 is 4.39 Å². The third-order valence-electron chi connectivity index (χ3n) is 8.89. The predicted octanol–water partition coefficient (Wildman–Crippen LogP) is 5.31. The summed E-state index contributed by atoms with van der Waals surface area (Å²) in [5, 5.41) is 10.4. The predicted molar refractivity (Wildman–Crippen MR) is 186 cm³/mol. The Balaban J connectivity index is 1.04. The molecule has 2 aliphatic heterocycles. The number of aryl methyl sites for hydroxylation is 1. The zero-order valence-electron chi connectivity index (χ0n) is 27.9. The van der Waals surface area contributed by atoms with Crippen molar-refractivity contribution in [1.82, 2.24) is 34.2 Å². The Morgan fingerprint density at radius 3 is 2.63 bits per heavy atom. The first-order valence-corrected chi connectivity index (χ1v) is 17.6. The summed E-state index contributed by atoms with van der Waals surface area (Å²) in [6.07, 6.45) is 9.75. The molecular formula is C35H40FN9O3S. The van der Waals surface area contributed by atoms with E-state index in [9.17, 15) is 9.59 Å². The number of hydrogen-bond donors (Lipinski definition) is 1. The van der Waals surface area contributed by atoms with Gasteiger partial charge in [-0.15, -0.1) is 11.3 Å². The lowest BCUT2D eigenvalue weighted by molar-refractivity contribution is -0.155. The number of esters is 1. The van der Waals surface area contributed by atoms with Crippen molar-refractivity contribution in [2.45, 2.75) is 64.6 Å². The molecule has 0 bridgehead atoms. The summed E-state index contributed by atoms with van der Waals surface area (Å²) in [6, 6.07) is 6.47. The van der Waals surface area contributed by atoms with E-state index in [1.54, 1.807) is 36.4 Å². The molecule has 12 nitrogen and oxygen atoms in total. The van der Waals surface area contributed by atoms with Gasteiger partial charge in [0.25, 0.3) is 5.91 Å². The standard InChI is InChI=1S/C35H40FN9O3S/c1-35(2,3)48-28(46)7-5-13-42-15-17-43(18-16-42)27-11-9-23(20-38-27)25-10-8-24-21-45(41-30(24)29(25)36)32(33(47)40-34-37-12-19-49-34)31-26-6-4-14-44(26)22-39-31/h8-12,19-22,32H,4-7,13-18H2,1-3H3,(H,37,40,47)/t32-/m1/s1. The van der Waals surface area contributed by atoms with E-state index in [4.69, 9.17) is 4.74 Å². The first-order valence-electron chi connectivity index (χ1n) is 16.7. The molecular weight excluding hydrogens is 646 g/mol. The third kappa shape index (κ3) is 7.20. The van der Waals surface area contributed by atoms with Gasteiger partial charge in [-0.3, -0.25) is 24.5 Å². The van der Waals surface area contributed by atoms with Gasteiger partial charge in [0.05, 0.1) is 12.0 Å². The van der Waals surface area contributed by atoms with Crippen LogP contribution in [0.15, 0.2) is 54.6 Å². The molecule has 1 aromatic carbocycles. The number of thiazole rings is 1. The Kier molecular flexibility index (Phi) is 9.16. The third-order valence-corrected chi connectivity index (χ3v) is 9.58. The van der Waals surface area contributed by atoms with Crippen molar-refractivity contribution in [3.8, 4) is 11.1 Å². The Morgan fingerprint density at radius 2 is 1.90 bits per heavy atom. The molecule has 0 unspecified atom stereocenters. The number of benzene rings is 1. The van der Waals surface area contributed by atoms with Crippen molar-refractivity contribution >= 4 is 45.1 Å². The van der Waals surface area contributed by atoms with Gasteiger partial charge >= 0.3 is 5.97 Å². The van der Waals surface area contributed by atoms with Gasteiger partial charge in [0, 0.05) is 85.3 Å². The van der Waals surface area contributed by atoms with Gasteiger partial charge < -0.3 is 14.2 Å². The normalized spacial score (nSPS) is 15.8. The second-order valence-corrected chi connectivity index (χ2v) is 14.4. The molecule has 1 saturated heterocycles. The number of anilines is 2. The van der Waals surface area contributed by atoms with Crippen LogP contribution in [0, 0.1) is 5.82 Å². The van der Waals surface area contributed by atoms with Crippen molar-refractivity contribution in [1.29, 1.82) is 0 Å². The molecule has 7 rings (SSSR count). The van der Waals surface area contributed by atoms with E-state index in [0.29, 0.717) is 33.8 Å². The largest absolute Gasteiger partial charge is 0.460 e. The van der Waals surface area contributed by atoms with Gasteiger partial charge in [0.15, 0.2) is 17.0 Å². The Hall–Kier alpha value is -4.69. The number of rotatable bonds is 10. The lowest BCUT2D eigenvalue weighted by Gasteiger charge is -2.35. The molecule has 0 spiro atoms. The summed E-state index contributed by atoms with van der Waals surface area (Å²) < 4.78 is 25.1. The number of halogens is 1. The van der Waals surface area contributed by atoms with Gasteiger partial charge in [-0.25, -0.2) is 19.3 Å². The Bertz CT molecular complexity index is 1940. The Labute approximate surface area is 287 Å².